The normalized spacial score (nSPS) is 11.3. The van der Waals surface area contributed by atoms with Crippen molar-refractivity contribution in [3.63, 3.8) is 0 Å². The lowest BCUT2D eigenvalue weighted by Gasteiger charge is -2.18. The van der Waals surface area contributed by atoms with Gasteiger partial charge in [-0.2, -0.15) is 0 Å². The molecule has 0 aliphatic rings. The zero-order valence-electron chi connectivity index (χ0n) is 12.2. The van der Waals surface area contributed by atoms with Crippen LogP contribution < -0.4 is 0 Å². The lowest BCUT2D eigenvalue weighted by Crippen LogP contribution is -2.08. The van der Waals surface area contributed by atoms with Crippen LogP contribution >= 0.6 is 0 Å². The van der Waals surface area contributed by atoms with Crippen molar-refractivity contribution >= 4 is 5.97 Å². The Bertz CT molecular complexity index is 604. The Balaban J connectivity index is 2.33. The average molecular weight is 268 g/mol. The van der Waals surface area contributed by atoms with Crippen molar-refractivity contribution in [1.29, 1.82) is 0 Å². The van der Waals surface area contributed by atoms with E-state index in [1.165, 1.54) is 5.56 Å². The van der Waals surface area contributed by atoms with E-state index in [0.717, 1.165) is 17.5 Å². The molecule has 2 aromatic rings. The molecular weight excluding hydrogens is 248 g/mol. The lowest BCUT2D eigenvalue weighted by atomic mass is 9.87. The Morgan fingerprint density at radius 1 is 1.00 bits per heavy atom. The molecule has 0 aliphatic carbocycles. The molecule has 0 aliphatic heterocycles. The van der Waals surface area contributed by atoms with E-state index in [1.54, 1.807) is 12.1 Å². The van der Waals surface area contributed by atoms with Crippen LogP contribution in [-0.2, 0) is 6.42 Å². The molecule has 0 spiro atoms. The van der Waals surface area contributed by atoms with E-state index in [9.17, 15) is 9.90 Å². The summed E-state index contributed by atoms with van der Waals surface area (Å²) in [6.45, 7) is 6.63. The van der Waals surface area contributed by atoms with Crippen LogP contribution in [0, 0.1) is 5.41 Å². The summed E-state index contributed by atoms with van der Waals surface area (Å²) in [6.07, 6.45) is 1.01. The molecule has 0 heterocycles. The molecule has 0 radical (unpaired) electrons. The van der Waals surface area contributed by atoms with Crippen molar-refractivity contribution in [2.45, 2.75) is 27.2 Å². The molecule has 2 rings (SSSR count). The number of carboxylic acid groups (broad SMARTS) is 1. The minimum absolute atomic E-state index is 0.250. The first kappa shape index (κ1) is 14.3. The monoisotopic (exact) mass is 268 g/mol. The maximum Gasteiger partial charge on any atom is 0.336 e. The average Bonchev–Trinajstić information content (AvgIpc) is 2.38. The van der Waals surface area contributed by atoms with E-state index in [-0.39, 0.29) is 5.41 Å². The first-order valence-electron chi connectivity index (χ1n) is 6.78. The number of hydrogen-bond acceptors (Lipinski definition) is 1. The molecule has 0 atom stereocenters. The van der Waals surface area contributed by atoms with E-state index in [1.807, 2.05) is 24.3 Å². The van der Waals surface area contributed by atoms with Gasteiger partial charge in [-0.05, 0) is 34.6 Å². The fraction of sp³-hybridized carbons (Fsp3) is 0.278. The van der Waals surface area contributed by atoms with Crippen LogP contribution in [0.15, 0.2) is 48.5 Å². The number of benzene rings is 2. The van der Waals surface area contributed by atoms with E-state index < -0.39 is 5.97 Å². The highest BCUT2D eigenvalue weighted by Crippen LogP contribution is 2.26. The van der Waals surface area contributed by atoms with Gasteiger partial charge in [-0.3, -0.25) is 0 Å². The molecule has 2 heteroatoms. The molecule has 0 saturated heterocycles. The van der Waals surface area contributed by atoms with Crippen LogP contribution in [-0.4, -0.2) is 11.1 Å². The standard InChI is InChI=1S/C18H20O2/c1-18(2,3)12-13-8-10-14(11-9-13)15-6-4-5-7-16(15)17(19)20/h4-11H,12H2,1-3H3,(H,19,20). The van der Waals surface area contributed by atoms with Crippen molar-refractivity contribution in [3.05, 3.63) is 59.7 Å². The van der Waals surface area contributed by atoms with E-state index in [2.05, 4.69) is 32.9 Å². The highest BCUT2D eigenvalue weighted by molar-refractivity contribution is 5.95. The molecule has 0 saturated carbocycles. The summed E-state index contributed by atoms with van der Waals surface area (Å²) < 4.78 is 0. The molecule has 20 heavy (non-hydrogen) atoms. The number of carboxylic acids is 1. The fourth-order valence-corrected chi connectivity index (χ4v) is 2.34. The van der Waals surface area contributed by atoms with Gasteiger partial charge >= 0.3 is 5.97 Å². The number of rotatable bonds is 3. The first-order valence-corrected chi connectivity index (χ1v) is 6.78. The van der Waals surface area contributed by atoms with Gasteiger partial charge in [0, 0.05) is 0 Å². The Morgan fingerprint density at radius 2 is 1.60 bits per heavy atom. The summed E-state index contributed by atoms with van der Waals surface area (Å²) in [5.74, 6) is -0.889. The van der Waals surface area contributed by atoms with Crippen molar-refractivity contribution in [1.82, 2.24) is 0 Å². The van der Waals surface area contributed by atoms with Gasteiger partial charge in [0.1, 0.15) is 0 Å². The quantitative estimate of drug-likeness (QED) is 0.880. The molecule has 2 aromatic carbocycles. The van der Waals surface area contributed by atoms with Crippen LogP contribution in [0.25, 0.3) is 11.1 Å². The van der Waals surface area contributed by atoms with Crippen LogP contribution in [0.5, 0.6) is 0 Å². The van der Waals surface area contributed by atoms with Crippen LogP contribution in [0.4, 0.5) is 0 Å². The van der Waals surface area contributed by atoms with Crippen molar-refractivity contribution in [3.8, 4) is 11.1 Å². The molecule has 1 N–H and O–H groups in total. The Hall–Kier alpha value is -2.09. The predicted molar refractivity (Wildman–Crippen MR) is 82.0 cm³/mol. The maximum absolute atomic E-state index is 11.2. The SMILES string of the molecule is CC(C)(C)Cc1ccc(-c2ccccc2C(=O)O)cc1. The highest BCUT2D eigenvalue weighted by atomic mass is 16.4. The molecule has 0 aromatic heterocycles. The van der Waals surface area contributed by atoms with Gasteiger partial charge in [0.25, 0.3) is 0 Å². The second-order valence-corrected chi connectivity index (χ2v) is 6.29. The lowest BCUT2D eigenvalue weighted by molar-refractivity contribution is 0.0697. The van der Waals surface area contributed by atoms with E-state index in [0.29, 0.717) is 5.56 Å². The van der Waals surface area contributed by atoms with Crippen molar-refractivity contribution < 1.29 is 9.90 Å². The minimum atomic E-state index is -0.889. The molecule has 0 unspecified atom stereocenters. The topological polar surface area (TPSA) is 37.3 Å². The Labute approximate surface area is 120 Å². The van der Waals surface area contributed by atoms with Crippen LogP contribution in [0.3, 0.4) is 0 Å². The Morgan fingerprint density at radius 3 is 2.15 bits per heavy atom. The van der Waals surface area contributed by atoms with Gasteiger partial charge in [0.15, 0.2) is 0 Å². The summed E-state index contributed by atoms with van der Waals surface area (Å²) in [5, 5.41) is 9.23. The maximum atomic E-state index is 11.2. The first-order chi connectivity index (χ1) is 9.37. The second kappa shape index (κ2) is 5.49. The van der Waals surface area contributed by atoms with E-state index >= 15 is 0 Å². The molecule has 2 nitrogen and oxygen atoms in total. The van der Waals surface area contributed by atoms with Gasteiger partial charge in [-0.25, -0.2) is 4.79 Å². The highest BCUT2D eigenvalue weighted by Gasteiger charge is 2.13. The molecular formula is C18H20O2. The van der Waals surface area contributed by atoms with Crippen molar-refractivity contribution in [2.24, 2.45) is 5.41 Å². The zero-order valence-corrected chi connectivity index (χ0v) is 12.2. The molecule has 0 bridgehead atoms. The Kier molecular flexibility index (Phi) is 3.93. The third-order valence-corrected chi connectivity index (χ3v) is 3.16. The third-order valence-electron chi connectivity index (χ3n) is 3.16. The molecule has 104 valence electrons. The third kappa shape index (κ3) is 3.47. The van der Waals surface area contributed by atoms with Gasteiger partial charge in [-0.15, -0.1) is 0 Å². The number of hydrogen-bond donors (Lipinski definition) is 1. The zero-order chi connectivity index (χ0) is 14.8. The van der Waals surface area contributed by atoms with Gasteiger partial charge in [-0.1, -0.05) is 63.2 Å². The minimum Gasteiger partial charge on any atom is -0.478 e. The smallest absolute Gasteiger partial charge is 0.336 e. The summed E-state index contributed by atoms with van der Waals surface area (Å²) in [6, 6.07) is 15.3. The van der Waals surface area contributed by atoms with Crippen LogP contribution in [0.1, 0.15) is 36.7 Å². The van der Waals surface area contributed by atoms with E-state index in [4.69, 9.17) is 0 Å². The predicted octanol–water partition coefficient (Wildman–Crippen LogP) is 4.64. The van der Waals surface area contributed by atoms with Gasteiger partial charge in [0.2, 0.25) is 0 Å². The van der Waals surface area contributed by atoms with Gasteiger partial charge < -0.3 is 5.11 Å². The second-order valence-electron chi connectivity index (χ2n) is 6.29. The summed E-state index contributed by atoms with van der Waals surface area (Å²) >= 11 is 0. The fourth-order valence-electron chi connectivity index (χ4n) is 2.34. The number of aromatic carboxylic acids is 1. The molecule has 0 amide bonds. The largest absolute Gasteiger partial charge is 0.478 e. The summed E-state index contributed by atoms with van der Waals surface area (Å²) in [7, 11) is 0. The summed E-state index contributed by atoms with van der Waals surface area (Å²) in [4.78, 5) is 11.2. The molecule has 0 fully saturated rings. The van der Waals surface area contributed by atoms with Crippen molar-refractivity contribution in [2.75, 3.05) is 0 Å². The van der Waals surface area contributed by atoms with Gasteiger partial charge in [0.05, 0.1) is 5.56 Å². The number of carbonyl (C=O) groups is 1. The van der Waals surface area contributed by atoms with Crippen LogP contribution in [0.2, 0.25) is 0 Å². The summed E-state index contributed by atoms with van der Waals surface area (Å²) in [5.41, 5.74) is 3.58.